The molecular formula is C9H13O2S. The van der Waals surface area contributed by atoms with E-state index in [1.165, 1.54) is 0 Å². The molecule has 0 fully saturated rings. The number of hydrogen-bond donors (Lipinski definition) is 0. The van der Waals surface area contributed by atoms with Crippen LogP contribution in [0.4, 0.5) is 0 Å². The van der Waals surface area contributed by atoms with E-state index in [1.807, 2.05) is 12.2 Å². The van der Waals surface area contributed by atoms with Crippen molar-refractivity contribution in [3.63, 3.8) is 0 Å². The Kier molecular flexibility index (Phi) is 2.73. The molecule has 0 aromatic heterocycles. The van der Waals surface area contributed by atoms with Gasteiger partial charge in [-0.15, -0.1) is 0 Å². The van der Waals surface area contributed by atoms with Crippen molar-refractivity contribution < 1.29 is 8.42 Å². The van der Waals surface area contributed by atoms with Gasteiger partial charge in [0.2, 0.25) is 0 Å². The molecule has 0 bridgehead atoms. The zero-order valence-electron chi connectivity index (χ0n) is 7.32. The van der Waals surface area contributed by atoms with E-state index < -0.39 is 9.84 Å². The van der Waals surface area contributed by atoms with Crippen LogP contribution >= 0.6 is 0 Å². The Morgan fingerprint density at radius 3 is 2.42 bits per heavy atom. The number of allylic oxidation sites excluding steroid dienone is 3. The summed E-state index contributed by atoms with van der Waals surface area (Å²) in [5, 5.41) is 0.212. The molecule has 0 atom stereocenters. The van der Waals surface area contributed by atoms with Gasteiger partial charge in [0.15, 0.2) is 9.84 Å². The molecule has 0 heterocycles. The minimum absolute atomic E-state index is 0.316. The van der Waals surface area contributed by atoms with Crippen LogP contribution < -0.4 is 0 Å². The minimum atomic E-state index is -3.02. The van der Waals surface area contributed by atoms with Gasteiger partial charge in [0.25, 0.3) is 0 Å². The summed E-state index contributed by atoms with van der Waals surface area (Å²) in [5.74, 6) is 0. The van der Waals surface area contributed by atoms with E-state index in [9.17, 15) is 8.42 Å². The maximum Gasteiger partial charge on any atom is 0.164 e. The van der Waals surface area contributed by atoms with Crippen molar-refractivity contribution in [3.05, 3.63) is 29.6 Å². The van der Waals surface area contributed by atoms with Gasteiger partial charge in [0, 0.05) is 0 Å². The maximum atomic E-state index is 11.6. The van der Waals surface area contributed by atoms with Crippen molar-refractivity contribution in [2.45, 2.75) is 25.5 Å². The predicted octanol–water partition coefficient (Wildman–Crippen LogP) is 1.86. The van der Waals surface area contributed by atoms with Crippen LogP contribution in [0.5, 0.6) is 0 Å². The minimum Gasteiger partial charge on any atom is -0.228 e. The lowest BCUT2D eigenvalue weighted by Gasteiger charge is -2.15. The molecule has 0 amide bonds. The molecule has 0 aromatic rings. The highest BCUT2D eigenvalue weighted by atomic mass is 32.2. The fraction of sp³-hybridized carbons (Fsp3) is 0.444. The van der Waals surface area contributed by atoms with E-state index in [0.29, 0.717) is 11.7 Å². The molecule has 0 saturated heterocycles. The van der Waals surface area contributed by atoms with Crippen molar-refractivity contribution in [3.8, 4) is 0 Å². The van der Waals surface area contributed by atoms with Crippen molar-refractivity contribution >= 4 is 9.84 Å². The average Bonchev–Trinajstić information content (AvgIpc) is 2.06. The normalized spacial score (nSPS) is 18.9. The summed E-state index contributed by atoms with van der Waals surface area (Å²) in [6.07, 6.45) is 7.69. The quantitative estimate of drug-likeness (QED) is 0.658. The topological polar surface area (TPSA) is 34.1 Å². The van der Waals surface area contributed by atoms with Gasteiger partial charge in [-0.1, -0.05) is 24.3 Å². The molecule has 1 aliphatic rings. The second-order valence-electron chi connectivity index (χ2n) is 3.05. The average molecular weight is 185 g/mol. The second-order valence-corrected chi connectivity index (χ2v) is 5.61. The molecule has 12 heavy (non-hydrogen) atoms. The standard InChI is InChI=1S/C9H13O2S/c1-8(2)12(10,11)9-6-4-3-5-7-9/h3-6,8H,7H2,1-2H3. The molecule has 1 aliphatic carbocycles. The summed E-state index contributed by atoms with van der Waals surface area (Å²) >= 11 is 0. The van der Waals surface area contributed by atoms with Gasteiger partial charge in [-0.2, -0.15) is 0 Å². The zero-order valence-corrected chi connectivity index (χ0v) is 8.14. The van der Waals surface area contributed by atoms with Crippen LogP contribution in [0.25, 0.3) is 0 Å². The van der Waals surface area contributed by atoms with Crippen molar-refractivity contribution in [2.75, 3.05) is 0 Å². The molecule has 1 radical (unpaired) electrons. The van der Waals surface area contributed by atoms with Crippen molar-refractivity contribution in [1.82, 2.24) is 0 Å². The lowest BCUT2D eigenvalue weighted by atomic mass is 10.2. The number of rotatable bonds is 2. The Balaban J connectivity index is 2.84. The van der Waals surface area contributed by atoms with Gasteiger partial charge >= 0.3 is 0 Å². The van der Waals surface area contributed by atoms with Gasteiger partial charge in [-0.25, -0.2) is 8.42 Å². The Labute approximate surface area is 73.9 Å². The fourth-order valence-electron chi connectivity index (χ4n) is 1.01. The first-order valence-corrected chi connectivity index (χ1v) is 5.52. The molecule has 2 nitrogen and oxygen atoms in total. The van der Waals surface area contributed by atoms with Gasteiger partial charge in [-0.3, -0.25) is 0 Å². The third-order valence-electron chi connectivity index (χ3n) is 1.83. The SMILES string of the molecule is CC(C)S(=O)(=O)[C]1C=CC=CC1. The first-order valence-electron chi connectivity index (χ1n) is 3.98. The Morgan fingerprint density at radius 2 is 2.00 bits per heavy atom. The Hall–Kier alpha value is -0.570. The van der Waals surface area contributed by atoms with Crippen LogP contribution in [0.2, 0.25) is 0 Å². The smallest absolute Gasteiger partial charge is 0.164 e. The van der Waals surface area contributed by atoms with E-state index in [4.69, 9.17) is 0 Å². The van der Waals surface area contributed by atoms with Crippen LogP contribution in [-0.4, -0.2) is 13.7 Å². The lowest BCUT2D eigenvalue weighted by Crippen LogP contribution is -2.20. The molecule has 3 heteroatoms. The second kappa shape index (κ2) is 3.44. The van der Waals surface area contributed by atoms with Crippen LogP contribution in [0.3, 0.4) is 0 Å². The Bertz CT molecular complexity index is 296. The van der Waals surface area contributed by atoms with E-state index in [0.717, 1.165) is 0 Å². The third-order valence-corrected chi connectivity index (χ3v) is 4.11. The van der Waals surface area contributed by atoms with Gasteiger partial charge in [0.05, 0.1) is 5.25 Å². The first-order chi connectivity index (χ1) is 5.55. The van der Waals surface area contributed by atoms with Gasteiger partial charge in [-0.05, 0) is 20.3 Å². The summed E-state index contributed by atoms with van der Waals surface area (Å²) < 4.78 is 23.1. The van der Waals surface area contributed by atoms with Crippen molar-refractivity contribution in [2.24, 2.45) is 0 Å². The number of hydrogen-bond acceptors (Lipinski definition) is 2. The molecule has 0 spiro atoms. The molecule has 0 saturated carbocycles. The molecule has 1 rings (SSSR count). The summed E-state index contributed by atoms with van der Waals surface area (Å²) in [4.78, 5) is 0. The van der Waals surface area contributed by atoms with Crippen LogP contribution in [0.15, 0.2) is 24.3 Å². The summed E-state index contributed by atoms with van der Waals surface area (Å²) in [5.41, 5.74) is 0. The van der Waals surface area contributed by atoms with Gasteiger partial charge < -0.3 is 0 Å². The molecule has 0 unspecified atom stereocenters. The Morgan fingerprint density at radius 1 is 1.33 bits per heavy atom. The van der Waals surface area contributed by atoms with E-state index >= 15 is 0 Å². The first kappa shape index (κ1) is 9.52. The molecule has 0 aliphatic heterocycles. The fourth-order valence-corrected chi connectivity index (χ4v) is 2.21. The van der Waals surface area contributed by atoms with Gasteiger partial charge in [0.1, 0.15) is 5.25 Å². The van der Waals surface area contributed by atoms with E-state index in [1.54, 1.807) is 26.0 Å². The summed E-state index contributed by atoms with van der Waals surface area (Å²) in [7, 11) is -3.02. The molecule has 0 aromatic carbocycles. The van der Waals surface area contributed by atoms with Crippen LogP contribution in [0.1, 0.15) is 20.3 Å². The van der Waals surface area contributed by atoms with Crippen LogP contribution in [-0.2, 0) is 9.84 Å². The highest BCUT2D eigenvalue weighted by Gasteiger charge is 2.26. The van der Waals surface area contributed by atoms with E-state index in [-0.39, 0.29) is 5.25 Å². The highest BCUT2D eigenvalue weighted by molar-refractivity contribution is 7.95. The highest BCUT2D eigenvalue weighted by Crippen LogP contribution is 2.24. The predicted molar refractivity (Wildman–Crippen MR) is 50.2 cm³/mol. The largest absolute Gasteiger partial charge is 0.228 e. The summed E-state index contributed by atoms with van der Waals surface area (Å²) in [6.45, 7) is 3.41. The molecule has 67 valence electrons. The van der Waals surface area contributed by atoms with Crippen LogP contribution in [0, 0.1) is 5.25 Å². The number of sulfone groups is 1. The maximum absolute atomic E-state index is 11.6. The van der Waals surface area contributed by atoms with E-state index in [2.05, 4.69) is 0 Å². The zero-order chi connectivity index (χ0) is 9.19. The molecule has 0 N–H and O–H groups in total. The monoisotopic (exact) mass is 185 g/mol. The molecular weight excluding hydrogens is 172 g/mol. The third kappa shape index (κ3) is 1.78. The summed E-state index contributed by atoms with van der Waals surface area (Å²) in [6, 6.07) is 0. The lowest BCUT2D eigenvalue weighted by molar-refractivity contribution is 0.588. The van der Waals surface area contributed by atoms with Crippen molar-refractivity contribution in [1.29, 1.82) is 0 Å².